The summed E-state index contributed by atoms with van der Waals surface area (Å²) in [6.07, 6.45) is 22.1. The molecule has 1 unspecified atom stereocenters. The molecule has 0 rings (SSSR count). The third-order valence-corrected chi connectivity index (χ3v) is 10.9. The standard InChI is InChI=1S/C27H52O3Si/c1-8-10-11-19-22-25(30-31(6,7)27(3,4)5)23-20-17-15-13-12-14-16-18-21-24-29-26(28)9-2/h9,17,20,25H,2,8,10-16,18-19,21-24H2,1,3-7H3/b20-17-. The maximum Gasteiger partial charge on any atom is 0.330 e. The molecule has 0 saturated carbocycles. The second kappa shape index (κ2) is 17.7. The summed E-state index contributed by atoms with van der Waals surface area (Å²) in [6, 6.07) is 0. The largest absolute Gasteiger partial charge is 0.463 e. The van der Waals surface area contributed by atoms with Crippen LogP contribution in [0.4, 0.5) is 0 Å². The Bertz CT molecular complexity index is 491. The molecule has 0 fully saturated rings. The maximum absolute atomic E-state index is 11.0. The van der Waals surface area contributed by atoms with Crippen LogP contribution < -0.4 is 0 Å². The Labute approximate surface area is 195 Å². The minimum Gasteiger partial charge on any atom is -0.463 e. The van der Waals surface area contributed by atoms with E-state index in [1.165, 1.54) is 70.3 Å². The molecule has 0 heterocycles. The highest BCUT2D eigenvalue weighted by atomic mass is 28.4. The van der Waals surface area contributed by atoms with Gasteiger partial charge in [-0.1, -0.05) is 97.8 Å². The summed E-state index contributed by atoms with van der Waals surface area (Å²) >= 11 is 0. The van der Waals surface area contributed by atoms with Crippen molar-refractivity contribution in [2.24, 2.45) is 0 Å². The Balaban J connectivity index is 4.07. The van der Waals surface area contributed by atoms with E-state index in [0.717, 1.165) is 19.3 Å². The minimum atomic E-state index is -1.71. The van der Waals surface area contributed by atoms with Crippen molar-refractivity contribution < 1.29 is 14.0 Å². The van der Waals surface area contributed by atoms with Gasteiger partial charge in [0.2, 0.25) is 0 Å². The van der Waals surface area contributed by atoms with E-state index in [0.29, 0.717) is 12.7 Å². The topological polar surface area (TPSA) is 35.5 Å². The fourth-order valence-corrected chi connectivity index (χ4v) is 4.69. The van der Waals surface area contributed by atoms with Crippen molar-refractivity contribution in [2.75, 3.05) is 6.61 Å². The molecule has 0 aliphatic carbocycles. The third-order valence-electron chi connectivity index (χ3n) is 6.39. The number of allylic oxidation sites excluding steroid dienone is 1. The Morgan fingerprint density at radius 2 is 1.55 bits per heavy atom. The van der Waals surface area contributed by atoms with Crippen LogP contribution in [0.25, 0.3) is 0 Å². The lowest BCUT2D eigenvalue weighted by molar-refractivity contribution is -0.137. The molecule has 0 aromatic heterocycles. The Morgan fingerprint density at radius 3 is 2.16 bits per heavy atom. The number of esters is 1. The van der Waals surface area contributed by atoms with Gasteiger partial charge in [0.15, 0.2) is 8.32 Å². The van der Waals surface area contributed by atoms with Crippen molar-refractivity contribution in [1.82, 2.24) is 0 Å². The molecule has 0 radical (unpaired) electrons. The maximum atomic E-state index is 11.0. The van der Waals surface area contributed by atoms with Crippen LogP contribution in [0.15, 0.2) is 24.8 Å². The van der Waals surface area contributed by atoms with Gasteiger partial charge in [0.1, 0.15) is 0 Å². The van der Waals surface area contributed by atoms with Crippen LogP contribution in [-0.2, 0) is 14.0 Å². The highest BCUT2D eigenvalue weighted by Crippen LogP contribution is 2.38. The summed E-state index contributed by atoms with van der Waals surface area (Å²) in [5.41, 5.74) is 0. The third kappa shape index (κ3) is 16.4. The number of unbranched alkanes of at least 4 members (excludes halogenated alkanes) is 9. The van der Waals surface area contributed by atoms with Gasteiger partial charge < -0.3 is 9.16 Å². The van der Waals surface area contributed by atoms with Crippen LogP contribution in [0, 0.1) is 0 Å². The average molecular weight is 453 g/mol. The number of hydrogen-bond acceptors (Lipinski definition) is 3. The lowest BCUT2D eigenvalue weighted by atomic mass is 10.1. The summed E-state index contributed by atoms with van der Waals surface area (Å²) in [4.78, 5) is 11.0. The van der Waals surface area contributed by atoms with Gasteiger partial charge in [0.05, 0.1) is 6.61 Å². The van der Waals surface area contributed by atoms with Gasteiger partial charge in [-0.05, 0) is 50.2 Å². The highest BCUT2D eigenvalue weighted by molar-refractivity contribution is 6.74. The van der Waals surface area contributed by atoms with Crippen molar-refractivity contribution in [3.05, 3.63) is 24.8 Å². The Morgan fingerprint density at radius 1 is 0.935 bits per heavy atom. The van der Waals surface area contributed by atoms with E-state index in [1.807, 2.05) is 0 Å². The second-order valence-corrected chi connectivity index (χ2v) is 15.1. The van der Waals surface area contributed by atoms with E-state index >= 15 is 0 Å². The van der Waals surface area contributed by atoms with E-state index in [9.17, 15) is 4.79 Å². The van der Waals surface area contributed by atoms with E-state index in [1.54, 1.807) is 0 Å². The molecule has 1 atom stereocenters. The van der Waals surface area contributed by atoms with Crippen LogP contribution in [0.1, 0.15) is 111 Å². The molecule has 0 aliphatic rings. The number of hydrogen-bond donors (Lipinski definition) is 0. The smallest absolute Gasteiger partial charge is 0.330 e. The van der Waals surface area contributed by atoms with E-state index in [-0.39, 0.29) is 11.0 Å². The summed E-state index contributed by atoms with van der Waals surface area (Å²) < 4.78 is 11.7. The molecular weight excluding hydrogens is 400 g/mol. The van der Waals surface area contributed by atoms with Crippen LogP contribution in [0.5, 0.6) is 0 Å². The SMILES string of the molecule is C=CC(=O)OCCCCCCCC/C=C\CC(CCCCCC)O[Si](C)(C)C(C)(C)C. The second-order valence-electron chi connectivity index (χ2n) is 10.3. The van der Waals surface area contributed by atoms with Crippen molar-refractivity contribution in [3.8, 4) is 0 Å². The number of rotatable bonds is 19. The predicted molar refractivity (Wildman–Crippen MR) is 138 cm³/mol. The molecule has 3 nitrogen and oxygen atoms in total. The average Bonchev–Trinajstić information content (AvgIpc) is 2.70. The Kier molecular flexibility index (Phi) is 17.2. The van der Waals surface area contributed by atoms with Gasteiger partial charge in [-0.25, -0.2) is 4.79 Å². The van der Waals surface area contributed by atoms with Gasteiger partial charge in [-0.15, -0.1) is 0 Å². The lowest BCUT2D eigenvalue weighted by Crippen LogP contribution is -2.43. The van der Waals surface area contributed by atoms with Crippen LogP contribution in [0.3, 0.4) is 0 Å². The van der Waals surface area contributed by atoms with Crippen molar-refractivity contribution in [2.45, 2.75) is 135 Å². The van der Waals surface area contributed by atoms with Crippen LogP contribution in [-0.4, -0.2) is 27.0 Å². The van der Waals surface area contributed by atoms with Crippen molar-refractivity contribution in [1.29, 1.82) is 0 Å². The fourth-order valence-electron chi connectivity index (χ4n) is 3.29. The summed E-state index contributed by atoms with van der Waals surface area (Å²) in [7, 11) is -1.71. The molecule has 0 aromatic carbocycles. The zero-order valence-electron chi connectivity index (χ0n) is 21.6. The molecule has 0 spiro atoms. The molecular formula is C27H52O3Si. The normalized spacial score (nSPS) is 13.5. The van der Waals surface area contributed by atoms with E-state index in [2.05, 4.69) is 59.5 Å². The predicted octanol–water partition coefficient (Wildman–Crippen LogP) is 8.75. The van der Waals surface area contributed by atoms with E-state index in [4.69, 9.17) is 9.16 Å². The molecule has 0 N–H and O–H groups in total. The minimum absolute atomic E-state index is 0.270. The molecule has 0 bridgehead atoms. The molecule has 182 valence electrons. The molecule has 31 heavy (non-hydrogen) atoms. The summed E-state index contributed by atoms with van der Waals surface area (Å²) in [6.45, 7) is 17.9. The number of ether oxygens (including phenoxy) is 1. The van der Waals surface area contributed by atoms with Crippen molar-refractivity contribution in [3.63, 3.8) is 0 Å². The molecule has 0 aliphatic heterocycles. The van der Waals surface area contributed by atoms with Crippen LogP contribution in [0.2, 0.25) is 18.1 Å². The zero-order chi connectivity index (χ0) is 23.6. The van der Waals surface area contributed by atoms with E-state index < -0.39 is 8.32 Å². The molecule has 0 saturated heterocycles. The molecule has 0 amide bonds. The number of carbonyl (C=O) groups excluding carboxylic acids is 1. The quantitative estimate of drug-likeness (QED) is 0.0646. The van der Waals surface area contributed by atoms with Gasteiger partial charge in [0.25, 0.3) is 0 Å². The molecule has 0 aromatic rings. The monoisotopic (exact) mass is 452 g/mol. The first-order valence-corrected chi connectivity index (χ1v) is 15.7. The fraction of sp³-hybridized carbons (Fsp3) is 0.815. The number of carbonyl (C=O) groups is 1. The lowest BCUT2D eigenvalue weighted by Gasteiger charge is -2.39. The first-order chi connectivity index (χ1) is 14.6. The van der Waals surface area contributed by atoms with Gasteiger partial charge in [-0.3, -0.25) is 0 Å². The van der Waals surface area contributed by atoms with Gasteiger partial charge in [0, 0.05) is 12.2 Å². The van der Waals surface area contributed by atoms with Gasteiger partial charge >= 0.3 is 5.97 Å². The van der Waals surface area contributed by atoms with Gasteiger partial charge in [-0.2, -0.15) is 0 Å². The summed E-state index contributed by atoms with van der Waals surface area (Å²) in [5.74, 6) is -0.315. The summed E-state index contributed by atoms with van der Waals surface area (Å²) in [5, 5.41) is 0.270. The zero-order valence-corrected chi connectivity index (χ0v) is 22.6. The first-order valence-electron chi connectivity index (χ1n) is 12.8. The Hall–Kier alpha value is -0.873. The van der Waals surface area contributed by atoms with Crippen LogP contribution >= 0.6 is 0 Å². The van der Waals surface area contributed by atoms with Crippen molar-refractivity contribution >= 4 is 14.3 Å². The highest BCUT2D eigenvalue weighted by Gasteiger charge is 2.38. The first kappa shape index (κ1) is 30.1. The molecule has 4 heteroatoms.